The molecule has 0 aliphatic carbocycles. The van der Waals surface area contributed by atoms with Gasteiger partial charge in [0, 0.05) is 30.7 Å². The summed E-state index contributed by atoms with van der Waals surface area (Å²) in [6.45, 7) is 6.43. The number of carbonyl (C=O) groups excluding carboxylic acids is 1. The monoisotopic (exact) mass is 353 g/mol. The van der Waals surface area contributed by atoms with Crippen LogP contribution < -0.4 is 5.32 Å². The van der Waals surface area contributed by atoms with E-state index in [1.807, 2.05) is 48.2 Å². The van der Waals surface area contributed by atoms with Gasteiger partial charge in [-0.1, -0.05) is 30.3 Å². The molecule has 138 valence electrons. The molecule has 0 saturated carbocycles. The number of aryl methyl sites for hydroxylation is 1. The Balaban J connectivity index is 1.62. The van der Waals surface area contributed by atoms with Crippen molar-refractivity contribution in [3.05, 3.63) is 47.7 Å². The van der Waals surface area contributed by atoms with Gasteiger partial charge in [-0.25, -0.2) is 0 Å². The van der Waals surface area contributed by atoms with E-state index in [0.717, 1.165) is 56.9 Å². The molecular formula is C21H27N3O2. The third kappa shape index (κ3) is 3.06. The number of hydrogen-bond donors (Lipinski definition) is 1. The lowest BCUT2D eigenvalue weighted by molar-refractivity contribution is -0.000964. The number of likely N-dealkylation sites (N-methyl/N-ethyl adjacent to an activating group) is 1. The van der Waals surface area contributed by atoms with Gasteiger partial charge in [0.1, 0.15) is 11.5 Å². The predicted octanol–water partition coefficient (Wildman–Crippen LogP) is 2.76. The Morgan fingerprint density at radius 3 is 2.62 bits per heavy atom. The van der Waals surface area contributed by atoms with Crippen LogP contribution in [0.3, 0.4) is 0 Å². The van der Waals surface area contributed by atoms with E-state index < -0.39 is 0 Å². The summed E-state index contributed by atoms with van der Waals surface area (Å²) in [5.74, 6) is 1.55. The van der Waals surface area contributed by atoms with Crippen molar-refractivity contribution >= 4 is 5.91 Å². The number of amides is 1. The number of benzene rings is 1. The van der Waals surface area contributed by atoms with Crippen molar-refractivity contribution in [2.45, 2.75) is 25.3 Å². The second kappa shape index (κ2) is 6.89. The molecule has 2 aliphatic rings. The first-order chi connectivity index (χ1) is 12.6. The molecule has 5 heteroatoms. The number of nitrogens with zero attached hydrogens (tertiary/aromatic N) is 2. The van der Waals surface area contributed by atoms with Crippen LogP contribution in [-0.2, 0) is 0 Å². The van der Waals surface area contributed by atoms with Crippen LogP contribution in [0, 0.1) is 6.92 Å². The van der Waals surface area contributed by atoms with Crippen LogP contribution in [0.4, 0.5) is 0 Å². The Morgan fingerprint density at radius 1 is 1.15 bits per heavy atom. The SMILES string of the molecule is Cc1cc(C(=O)N2CCN(C)C3(CCNCC3)C2)c(-c2ccccc2)o1. The standard InChI is InChI=1S/C21H27N3O2/c1-16-14-18(19(26-16)17-6-4-3-5-7-17)20(25)24-13-12-23(2)21(15-24)8-10-22-11-9-21/h3-7,14,22H,8-13,15H2,1-2H3. The third-order valence-electron chi connectivity index (χ3n) is 5.94. The predicted molar refractivity (Wildman–Crippen MR) is 102 cm³/mol. The van der Waals surface area contributed by atoms with Gasteiger partial charge in [0.25, 0.3) is 5.91 Å². The highest BCUT2D eigenvalue weighted by Crippen LogP contribution is 2.32. The number of rotatable bonds is 2. The summed E-state index contributed by atoms with van der Waals surface area (Å²) >= 11 is 0. The normalized spacial score (nSPS) is 20.5. The minimum atomic E-state index is 0.0895. The topological polar surface area (TPSA) is 48.7 Å². The van der Waals surface area contributed by atoms with E-state index in [9.17, 15) is 4.79 Å². The molecule has 5 nitrogen and oxygen atoms in total. The van der Waals surface area contributed by atoms with Crippen LogP contribution >= 0.6 is 0 Å². The lowest BCUT2D eigenvalue weighted by Gasteiger charge is -2.51. The Labute approximate surface area is 155 Å². The van der Waals surface area contributed by atoms with Gasteiger partial charge in [-0.2, -0.15) is 0 Å². The number of hydrogen-bond acceptors (Lipinski definition) is 4. The summed E-state index contributed by atoms with van der Waals surface area (Å²) in [5.41, 5.74) is 1.74. The first kappa shape index (κ1) is 17.3. The zero-order valence-corrected chi connectivity index (χ0v) is 15.6. The van der Waals surface area contributed by atoms with E-state index in [-0.39, 0.29) is 11.4 Å². The van der Waals surface area contributed by atoms with Crippen molar-refractivity contribution in [3.8, 4) is 11.3 Å². The van der Waals surface area contributed by atoms with E-state index in [1.54, 1.807) is 0 Å². The molecule has 1 aromatic heterocycles. The molecule has 0 atom stereocenters. The Morgan fingerprint density at radius 2 is 1.88 bits per heavy atom. The third-order valence-corrected chi connectivity index (χ3v) is 5.94. The van der Waals surface area contributed by atoms with Crippen LogP contribution in [0.5, 0.6) is 0 Å². The summed E-state index contributed by atoms with van der Waals surface area (Å²) in [5, 5.41) is 3.44. The lowest BCUT2D eigenvalue weighted by atomic mass is 9.84. The number of piperazine rings is 1. The van der Waals surface area contributed by atoms with Crippen molar-refractivity contribution in [1.82, 2.24) is 15.1 Å². The van der Waals surface area contributed by atoms with E-state index >= 15 is 0 Å². The number of furan rings is 1. The van der Waals surface area contributed by atoms with Crippen LogP contribution in [0.2, 0.25) is 0 Å². The highest BCUT2D eigenvalue weighted by molar-refractivity contribution is 6.00. The van der Waals surface area contributed by atoms with Crippen molar-refractivity contribution in [2.24, 2.45) is 0 Å². The second-order valence-electron chi connectivity index (χ2n) is 7.59. The Kier molecular flexibility index (Phi) is 4.59. The number of piperidine rings is 1. The fraction of sp³-hybridized carbons (Fsp3) is 0.476. The zero-order valence-electron chi connectivity index (χ0n) is 15.6. The number of carbonyl (C=O) groups is 1. The van der Waals surface area contributed by atoms with Crippen molar-refractivity contribution in [3.63, 3.8) is 0 Å². The molecule has 26 heavy (non-hydrogen) atoms. The molecule has 3 heterocycles. The molecule has 2 aromatic rings. The maximum absolute atomic E-state index is 13.4. The Bertz CT molecular complexity index is 778. The molecule has 4 rings (SSSR count). The van der Waals surface area contributed by atoms with Gasteiger partial charge in [-0.3, -0.25) is 9.69 Å². The summed E-state index contributed by atoms with van der Waals surface area (Å²) in [4.78, 5) is 17.9. The largest absolute Gasteiger partial charge is 0.461 e. The van der Waals surface area contributed by atoms with Gasteiger partial charge < -0.3 is 14.6 Å². The van der Waals surface area contributed by atoms with Crippen molar-refractivity contribution in [2.75, 3.05) is 39.8 Å². The molecule has 1 spiro atoms. The first-order valence-corrected chi connectivity index (χ1v) is 9.46. The van der Waals surface area contributed by atoms with E-state index in [4.69, 9.17) is 4.42 Å². The van der Waals surface area contributed by atoms with Gasteiger partial charge in [-0.05, 0) is 46.0 Å². The molecule has 0 radical (unpaired) electrons. The van der Waals surface area contributed by atoms with Gasteiger partial charge >= 0.3 is 0 Å². The average Bonchev–Trinajstić information content (AvgIpc) is 3.07. The second-order valence-corrected chi connectivity index (χ2v) is 7.59. The molecule has 2 aliphatic heterocycles. The molecule has 2 fully saturated rings. The molecule has 1 amide bonds. The highest BCUT2D eigenvalue weighted by Gasteiger charge is 2.42. The average molecular weight is 353 g/mol. The smallest absolute Gasteiger partial charge is 0.257 e. The maximum Gasteiger partial charge on any atom is 0.257 e. The van der Waals surface area contributed by atoms with Crippen LogP contribution in [0.1, 0.15) is 29.0 Å². The van der Waals surface area contributed by atoms with Gasteiger partial charge in [0.2, 0.25) is 0 Å². The minimum Gasteiger partial charge on any atom is -0.461 e. The molecular weight excluding hydrogens is 326 g/mol. The van der Waals surface area contributed by atoms with Gasteiger partial charge in [0.05, 0.1) is 5.56 Å². The molecule has 0 unspecified atom stereocenters. The van der Waals surface area contributed by atoms with Gasteiger partial charge in [0.15, 0.2) is 0 Å². The summed E-state index contributed by atoms with van der Waals surface area (Å²) in [6, 6.07) is 11.8. The fourth-order valence-corrected chi connectivity index (χ4v) is 4.32. The summed E-state index contributed by atoms with van der Waals surface area (Å²) < 4.78 is 5.90. The van der Waals surface area contributed by atoms with E-state index in [2.05, 4.69) is 17.3 Å². The van der Waals surface area contributed by atoms with Crippen molar-refractivity contribution in [1.29, 1.82) is 0 Å². The molecule has 2 saturated heterocycles. The quantitative estimate of drug-likeness (QED) is 0.902. The van der Waals surface area contributed by atoms with Crippen LogP contribution in [0.15, 0.2) is 40.8 Å². The summed E-state index contributed by atoms with van der Waals surface area (Å²) in [7, 11) is 2.20. The molecule has 1 aromatic carbocycles. The minimum absolute atomic E-state index is 0.0895. The molecule has 1 N–H and O–H groups in total. The van der Waals surface area contributed by atoms with Crippen molar-refractivity contribution < 1.29 is 9.21 Å². The fourth-order valence-electron chi connectivity index (χ4n) is 4.32. The lowest BCUT2D eigenvalue weighted by Crippen LogP contribution is -2.64. The summed E-state index contributed by atoms with van der Waals surface area (Å²) in [6.07, 6.45) is 2.17. The Hall–Kier alpha value is -2.11. The van der Waals surface area contributed by atoms with E-state index in [0.29, 0.717) is 11.3 Å². The van der Waals surface area contributed by atoms with Crippen LogP contribution in [0.25, 0.3) is 11.3 Å². The zero-order chi connectivity index (χ0) is 18.1. The maximum atomic E-state index is 13.4. The van der Waals surface area contributed by atoms with Gasteiger partial charge in [-0.15, -0.1) is 0 Å². The van der Waals surface area contributed by atoms with E-state index in [1.165, 1.54) is 0 Å². The first-order valence-electron chi connectivity index (χ1n) is 9.46. The number of nitrogens with one attached hydrogen (secondary N) is 1. The van der Waals surface area contributed by atoms with Crippen LogP contribution in [-0.4, -0.2) is 61.0 Å². The highest BCUT2D eigenvalue weighted by atomic mass is 16.3. The molecule has 0 bridgehead atoms.